The number of hydrogen-bond donors (Lipinski definition) is 2. The molecule has 0 unspecified atom stereocenters. The molecule has 0 amide bonds. The van der Waals surface area contributed by atoms with Gasteiger partial charge in [0.1, 0.15) is 0 Å². The lowest BCUT2D eigenvalue weighted by molar-refractivity contribution is 0.238. The molecule has 2 rings (SSSR count). The molecule has 3 N–H and O–H groups in total. The standard InChI is InChI=1S/C8H13N3O/c9-6-3-8(4-6)11-2-1-7(5-12)10-11/h1-2,6,8,12H,3-5,9H2/t6-,8-. The molecular formula is C8H13N3O. The van der Waals surface area contributed by atoms with Crippen LogP contribution in [0.5, 0.6) is 0 Å². The maximum Gasteiger partial charge on any atom is 0.0879 e. The summed E-state index contributed by atoms with van der Waals surface area (Å²) in [5.74, 6) is 0. The molecule has 4 nitrogen and oxygen atoms in total. The fourth-order valence-corrected chi connectivity index (χ4v) is 1.51. The maximum absolute atomic E-state index is 8.77. The van der Waals surface area contributed by atoms with Crippen molar-refractivity contribution >= 4 is 0 Å². The lowest BCUT2D eigenvalue weighted by Crippen LogP contribution is -2.37. The van der Waals surface area contributed by atoms with Crippen LogP contribution in [0.2, 0.25) is 0 Å². The quantitative estimate of drug-likeness (QED) is 0.653. The van der Waals surface area contributed by atoms with Crippen LogP contribution in [0.25, 0.3) is 0 Å². The summed E-state index contributed by atoms with van der Waals surface area (Å²) in [6, 6.07) is 2.64. The molecule has 1 saturated carbocycles. The summed E-state index contributed by atoms with van der Waals surface area (Å²) >= 11 is 0. The van der Waals surface area contributed by atoms with Crippen LogP contribution in [-0.4, -0.2) is 20.9 Å². The Kier molecular flexibility index (Phi) is 1.86. The Morgan fingerprint density at radius 1 is 1.67 bits per heavy atom. The predicted molar refractivity (Wildman–Crippen MR) is 44.4 cm³/mol. The van der Waals surface area contributed by atoms with Crippen molar-refractivity contribution in [2.45, 2.75) is 31.5 Å². The molecule has 1 aromatic rings. The zero-order valence-corrected chi connectivity index (χ0v) is 6.85. The zero-order valence-electron chi connectivity index (χ0n) is 6.85. The molecule has 12 heavy (non-hydrogen) atoms. The van der Waals surface area contributed by atoms with Crippen LogP contribution >= 0.6 is 0 Å². The van der Waals surface area contributed by atoms with Crippen molar-refractivity contribution in [3.63, 3.8) is 0 Å². The van der Waals surface area contributed by atoms with Crippen LogP contribution < -0.4 is 5.73 Å². The molecule has 0 bridgehead atoms. The van der Waals surface area contributed by atoms with Gasteiger partial charge in [0.2, 0.25) is 0 Å². The first-order chi connectivity index (χ1) is 5.79. The SMILES string of the molecule is N[C@H]1C[C@H](n2ccc(CO)n2)C1. The molecule has 1 fully saturated rings. The number of rotatable bonds is 2. The topological polar surface area (TPSA) is 64.1 Å². The number of nitrogens with two attached hydrogens (primary N) is 1. The Bertz CT molecular complexity index is 265. The smallest absolute Gasteiger partial charge is 0.0879 e. The summed E-state index contributed by atoms with van der Waals surface area (Å²) < 4.78 is 1.90. The van der Waals surface area contributed by atoms with Crippen molar-refractivity contribution in [1.82, 2.24) is 9.78 Å². The van der Waals surface area contributed by atoms with E-state index in [0.717, 1.165) is 18.5 Å². The van der Waals surface area contributed by atoms with Crippen LogP contribution in [0.15, 0.2) is 12.3 Å². The summed E-state index contributed by atoms with van der Waals surface area (Å²) in [5.41, 5.74) is 6.39. The van der Waals surface area contributed by atoms with E-state index in [1.165, 1.54) is 0 Å². The molecule has 1 aliphatic rings. The second-order valence-electron chi connectivity index (χ2n) is 3.33. The van der Waals surface area contributed by atoms with Gasteiger partial charge in [-0.25, -0.2) is 0 Å². The van der Waals surface area contributed by atoms with Gasteiger partial charge in [-0.05, 0) is 18.9 Å². The van der Waals surface area contributed by atoms with Crippen molar-refractivity contribution in [3.8, 4) is 0 Å². The first-order valence-corrected chi connectivity index (χ1v) is 4.20. The van der Waals surface area contributed by atoms with Crippen molar-refractivity contribution in [2.24, 2.45) is 5.73 Å². The van der Waals surface area contributed by atoms with Crippen molar-refractivity contribution < 1.29 is 5.11 Å². The van der Waals surface area contributed by atoms with E-state index < -0.39 is 0 Å². The maximum atomic E-state index is 8.77. The summed E-state index contributed by atoms with van der Waals surface area (Å²) in [6.45, 7) is 0.0196. The number of hydrogen-bond acceptors (Lipinski definition) is 3. The molecular weight excluding hydrogens is 154 g/mol. The van der Waals surface area contributed by atoms with Gasteiger partial charge in [-0.3, -0.25) is 4.68 Å². The molecule has 0 aromatic carbocycles. The molecule has 0 radical (unpaired) electrons. The average Bonchev–Trinajstić information content (AvgIpc) is 2.46. The molecule has 0 aliphatic heterocycles. The van der Waals surface area contributed by atoms with Gasteiger partial charge in [0.15, 0.2) is 0 Å². The molecule has 0 spiro atoms. The Balaban J connectivity index is 2.04. The monoisotopic (exact) mass is 167 g/mol. The van der Waals surface area contributed by atoms with Crippen LogP contribution in [0.1, 0.15) is 24.6 Å². The summed E-state index contributed by atoms with van der Waals surface area (Å²) in [7, 11) is 0. The predicted octanol–water partition coefficient (Wildman–Crippen LogP) is 0.0376. The number of nitrogens with zero attached hydrogens (tertiary/aromatic N) is 2. The van der Waals surface area contributed by atoms with E-state index in [-0.39, 0.29) is 6.61 Å². The highest BCUT2D eigenvalue weighted by molar-refractivity contribution is 4.99. The Morgan fingerprint density at radius 2 is 2.42 bits per heavy atom. The van der Waals surface area contributed by atoms with Gasteiger partial charge in [0.25, 0.3) is 0 Å². The van der Waals surface area contributed by atoms with Gasteiger partial charge in [-0.15, -0.1) is 0 Å². The average molecular weight is 167 g/mol. The van der Waals surface area contributed by atoms with Crippen molar-refractivity contribution in [1.29, 1.82) is 0 Å². The van der Waals surface area contributed by atoms with Gasteiger partial charge in [-0.1, -0.05) is 0 Å². The number of aliphatic hydroxyl groups is 1. The fraction of sp³-hybridized carbons (Fsp3) is 0.625. The highest BCUT2D eigenvalue weighted by Crippen LogP contribution is 2.29. The lowest BCUT2D eigenvalue weighted by Gasteiger charge is -2.32. The Morgan fingerprint density at radius 3 is 2.92 bits per heavy atom. The van der Waals surface area contributed by atoms with Crippen molar-refractivity contribution in [3.05, 3.63) is 18.0 Å². The van der Waals surface area contributed by atoms with Gasteiger partial charge in [0.05, 0.1) is 18.3 Å². The first-order valence-electron chi connectivity index (χ1n) is 4.20. The van der Waals surface area contributed by atoms with Crippen LogP contribution in [0.3, 0.4) is 0 Å². The van der Waals surface area contributed by atoms with E-state index >= 15 is 0 Å². The highest BCUT2D eigenvalue weighted by Gasteiger charge is 2.27. The van der Waals surface area contributed by atoms with E-state index in [4.69, 9.17) is 10.8 Å². The molecule has 1 heterocycles. The van der Waals surface area contributed by atoms with E-state index in [0.29, 0.717) is 12.1 Å². The summed E-state index contributed by atoms with van der Waals surface area (Å²) in [5, 5.41) is 13.0. The molecule has 1 aromatic heterocycles. The largest absolute Gasteiger partial charge is 0.390 e. The first kappa shape index (κ1) is 7.76. The van der Waals surface area contributed by atoms with E-state index in [1.54, 1.807) is 0 Å². The molecule has 1 aliphatic carbocycles. The van der Waals surface area contributed by atoms with Crippen LogP contribution in [-0.2, 0) is 6.61 Å². The second kappa shape index (κ2) is 2.88. The third kappa shape index (κ3) is 1.23. The minimum absolute atomic E-state index is 0.0196. The van der Waals surface area contributed by atoms with Crippen LogP contribution in [0.4, 0.5) is 0 Å². The van der Waals surface area contributed by atoms with Crippen LogP contribution in [0, 0.1) is 0 Å². The lowest BCUT2D eigenvalue weighted by atomic mass is 9.88. The fourth-order valence-electron chi connectivity index (χ4n) is 1.51. The third-order valence-corrected chi connectivity index (χ3v) is 2.35. The Labute approximate surface area is 71.0 Å². The Hall–Kier alpha value is -0.870. The van der Waals surface area contributed by atoms with Gasteiger partial charge < -0.3 is 10.8 Å². The normalized spacial score (nSPS) is 28.5. The minimum atomic E-state index is 0.0196. The number of aromatic nitrogens is 2. The molecule has 4 heteroatoms. The molecule has 0 saturated heterocycles. The molecule has 0 atom stereocenters. The number of aliphatic hydroxyl groups excluding tert-OH is 1. The van der Waals surface area contributed by atoms with Crippen molar-refractivity contribution in [2.75, 3.05) is 0 Å². The van der Waals surface area contributed by atoms with E-state index in [2.05, 4.69) is 5.10 Å². The minimum Gasteiger partial charge on any atom is -0.390 e. The van der Waals surface area contributed by atoms with E-state index in [1.807, 2.05) is 16.9 Å². The zero-order chi connectivity index (χ0) is 8.55. The van der Waals surface area contributed by atoms with E-state index in [9.17, 15) is 0 Å². The van der Waals surface area contributed by atoms with Gasteiger partial charge >= 0.3 is 0 Å². The second-order valence-corrected chi connectivity index (χ2v) is 3.33. The summed E-state index contributed by atoms with van der Waals surface area (Å²) in [6.07, 6.45) is 3.92. The third-order valence-electron chi connectivity index (χ3n) is 2.35. The summed E-state index contributed by atoms with van der Waals surface area (Å²) in [4.78, 5) is 0. The van der Waals surface area contributed by atoms with Gasteiger partial charge in [-0.2, -0.15) is 5.10 Å². The molecule has 66 valence electrons. The van der Waals surface area contributed by atoms with Gasteiger partial charge in [0, 0.05) is 12.2 Å². The highest BCUT2D eigenvalue weighted by atomic mass is 16.3.